The van der Waals surface area contributed by atoms with Crippen LogP contribution in [0.3, 0.4) is 0 Å². The van der Waals surface area contributed by atoms with Crippen molar-refractivity contribution in [2.24, 2.45) is 17.6 Å². The second kappa shape index (κ2) is 33.3. The van der Waals surface area contributed by atoms with Crippen LogP contribution < -0.4 is 42.4 Å². The molecule has 0 aliphatic rings. The molecule has 8 aromatic carbocycles. The fourth-order valence-corrected chi connectivity index (χ4v) is 45.2. The summed E-state index contributed by atoms with van der Waals surface area (Å²) < 4.78 is 23.7. The van der Waals surface area contributed by atoms with Crippen molar-refractivity contribution in [1.82, 2.24) is 0 Å². The summed E-state index contributed by atoms with van der Waals surface area (Å²) in [5.74, 6) is 5.37. The van der Waals surface area contributed by atoms with Crippen LogP contribution in [-0.4, -0.2) is 32.9 Å². The van der Waals surface area contributed by atoms with Crippen molar-refractivity contribution in [3.8, 4) is 0 Å². The summed E-state index contributed by atoms with van der Waals surface area (Å²) in [4.78, 5) is 0. The van der Waals surface area contributed by atoms with Gasteiger partial charge in [-0.05, 0) is 42.4 Å². The molecule has 0 saturated carbocycles. The summed E-state index contributed by atoms with van der Waals surface area (Å²) in [5.41, 5.74) is 0. The molecule has 0 aliphatic carbocycles. The Morgan fingerprint density at radius 3 is 0.415 bits per heavy atom. The zero-order valence-electron chi connectivity index (χ0n) is 49.1. The van der Waals surface area contributed by atoms with E-state index in [1.807, 2.05) is 0 Å². The molecule has 0 fully saturated rings. The first-order valence-electron chi connectivity index (χ1n) is 26.9. The van der Waals surface area contributed by atoms with Gasteiger partial charge >= 0.3 is 89.8 Å². The number of hydrogen-bond donors (Lipinski definition) is 0. The number of hydrogen-bond acceptors (Lipinski definition) is 4. The molecule has 20 heteroatoms. The van der Waals surface area contributed by atoms with E-state index in [0.717, 1.165) is 0 Å². The predicted octanol–water partition coefficient (Wildman–Crippen LogP) is 21.1. The van der Waals surface area contributed by atoms with E-state index in [4.69, 9.17) is 63.4 Å². The first-order valence-corrected chi connectivity index (χ1v) is 78.6. The van der Waals surface area contributed by atoms with E-state index in [1.54, 1.807) is 0 Å². The Bertz CT molecular complexity index is 2790. The molecule has 0 saturated heterocycles. The normalized spacial score (nSPS) is 12.1. The SMILES string of the molecule is C[Si](C)(C)N=P([CH-]P(=N[Si](C)(C)C)(c1ccccc1)c1ccccc1)(c1ccccc1)c1ccccc1.C[Si](C)(C)N=P([CH-]P(=N[Si](C)(C)C)(c1ccccc1)c1ccccc1)(c1ccccc1)c1ccccc1.[Cl][U]([Cl])[Cl].[Cl][U]([Cl])[Cl]. The zero-order chi connectivity index (χ0) is 60.3. The van der Waals surface area contributed by atoms with Crippen molar-refractivity contribution in [3.63, 3.8) is 0 Å². The molecule has 8 rings (SSSR count). The molecule has 82 heavy (non-hydrogen) atoms. The summed E-state index contributed by atoms with van der Waals surface area (Å²) in [6.45, 7) is 28.4. The average molecular weight is 1800 g/mol. The summed E-state index contributed by atoms with van der Waals surface area (Å²) in [6, 6.07) is 88.3. The maximum absolute atomic E-state index is 5.92. The summed E-state index contributed by atoms with van der Waals surface area (Å²) in [6.07, 6.45) is 0. The maximum atomic E-state index is 5.92. The molecule has 0 amide bonds. The minimum atomic E-state index is -2.32. The second-order valence-electron chi connectivity index (χ2n) is 23.2. The molecule has 0 radical (unpaired) electrons. The van der Waals surface area contributed by atoms with Crippen molar-refractivity contribution in [2.75, 3.05) is 0 Å². The van der Waals surface area contributed by atoms with Crippen LogP contribution in [0.4, 0.5) is 0 Å². The Balaban J connectivity index is 0.000000266. The molecule has 0 atom stereocenters. The first kappa shape index (κ1) is 72.1. The molecule has 434 valence electrons. The van der Waals surface area contributed by atoms with E-state index in [2.05, 4.69) is 333 Å². The van der Waals surface area contributed by atoms with Gasteiger partial charge in [-0.15, -0.1) is 28.2 Å². The van der Waals surface area contributed by atoms with Gasteiger partial charge in [-0.1, -0.05) is 321 Å². The Morgan fingerprint density at radius 2 is 0.329 bits per heavy atom. The predicted molar refractivity (Wildman–Crippen MR) is 383 cm³/mol. The van der Waals surface area contributed by atoms with Gasteiger partial charge in [0.25, 0.3) is 0 Å². The van der Waals surface area contributed by atoms with E-state index in [1.165, 1.54) is 42.4 Å². The standard InChI is InChI=1S/2C31H39N2P2Si2.6ClH.2U/c2*1-36(2,3)32-34(28-19-11-7-12-20-28,29-21-13-8-14-22-29)27-35(33-37(4,5)6,30-23-15-9-16-24-30)31-25-17-10-18-26-31;;;;;;;;/h2*7-27H,1-6H3;6*1H;;/q2*-1;;;;;;;2*+3/p-6. The molecule has 0 bridgehead atoms. The molecule has 0 spiro atoms. The number of halogens is 6. The summed E-state index contributed by atoms with van der Waals surface area (Å²) in [5, 5.41) is 10.5. The van der Waals surface area contributed by atoms with Crippen molar-refractivity contribution in [3.05, 3.63) is 254 Å². The number of nitrogens with zero attached hydrogens (tertiary/aromatic N) is 4. The average Bonchev–Trinajstić information content (AvgIpc) is 2.79. The minimum absolute atomic E-state index is 1.31. The molecule has 0 N–H and O–H groups in total. The van der Waals surface area contributed by atoms with Crippen LogP contribution >= 0.6 is 74.0 Å². The van der Waals surface area contributed by atoms with Crippen molar-refractivity contribution in [1.29, 1.82) is 0 Å². The van der Waals surface area contributed by atoms with Gasteiger partial charge in [0.05, 0.1) is 0 Å². The molecular weight excluding hydrogens is 1730 g/mol. The summed E-state index contributed by atoms with van der Waals surface area (Å²) in [7, 11) is 13.3. The fraction of sp³-hybridized carbons (Fsp3) is 0.194. The Hall–Kier alpha value is -0.609. The van der Waals surface area contributed by atoms with Gasteiger partial charge < -0.3 is 17.6 Å². The van der Waals surface area contributed by atoms with Gasteiger partial charge in [0.15, 0.2) is 32.9 Å². The van der Waals surface area contributed by atoms with Gasteiger partial charge in [-0.2, -0.15) is 0 Å². The van der Waals surface area contributed by atoms with E-state index < -0.39 is 105 Å². The first-order chi connectivity index (χ1) is 38.5. The van der Waals surface area contributed by atoms with Crippen molar-refractivity contribution < 1.29 is 44.1 Å². The van der Waals surface area contributed by atoms with E-state index in [-0.39, 0.29) is 0 Å². The molecule has 0 aliphatic heterocycles. The second-order valence-corrected chi connectivity index (χ2v) is 90.7. The molecule has 8 aromatic rings. The quantitative estimate of drug-likeness (QED) is 0.0526. The van der Waals surface area contributed by atoms with E-state index in [0.29, 0.717) is 0 Å². The molecule has 0 aromatic heterocycles. The van der Waals surface area contributed by atoms with Gasteiger partial charge in [0.2, 0.25) is 0 Å². The van der Waals surface area contributed by atoms with Crippen LogP contribution in [0.25, 0.3) is 0 Å². The van der Waals surface area contributed by atoms with Crippen LogP contribution in [0, 0.1) is 55.9 Å². The van der Waals surface area contributed by atoms with Gasteiger partial charge in [0, 0.05) is 0 Å². The third-order valence-electron chi connectivity index (χ3n) is 11.7. The van der Waals surface area contributed by atoms with Crippen LogP contribution in [0.5, 0.6) is 0 Å². The van der Waals surface area contributed by atoms with Crippen LogP contribution in [0.1, 0.15) is 0 Å². The third-order valence-corrected chi connectivity index (χ3v) is 40.4. The Kier molecular flexibility index (Phi) is 29.3. The van der Waals surface area contributed by atoms with Crippen molar-refractivity contribution >= 4 is 149 Å². The fourth-order valence-electron chi connectivity index (χ4n) is 9.31. The van der Waals surface area contributed by atoms with Crippen LogP contribution in [-0.2, 0) is 0 Å². The Labute approximate surface area is 537 Å². The van der Waals surface area contributed by atoms with E-state index >= 15 is 0 Å². The number of rotatable bonds is 16. The monoisotopic (exact) mass is 1800 g/mol. The van der Waals surface area contributed by atoms with E-state index in [9.17, 15) is 0 Å². The Morgan fingerprint density at radius 1 is 0.232 bits per heavy atom. The van der Waals surface area contributed by atoms with Crippen LogP contribution in [0.15, 0.2) is 260 Å². The topological polar surface area (TPSA) is 49.4 Å². The molecule has 4 nitrogen and oxygen atoms in total. The van der Waals surface area contributed by atoms with Gasteiger partial charge in [-0.3, -0.25) is 0 Å². The van der Waals surface area contributed by atoms with Crippen LogP contribution in [0.2, 0.25) is 78.6 Å². The van der Waals surface area contributed by atoms with Gasteiger partial charge in [0.1, 0.15) is 0 Å². The molecule has 0 unspecified atom stereocenters. The third kappa shape index (κ3) is 22.5. The zero-order valence-corrected chi connectivity index (χ0v) is 69.5. The van der Waals surface area contributed by atoms with Crippen molar-refractivity contribution in [2.45, 2.75) is 78.6 Å². The van der Waals surface area contributed by atoms with Gasteiger partial charge in [-0.25, -0.2) is 11.8 Å². The molecular formula is C62H78Cl6N4P4Si4U2-2. The number of benzene rings is 8. The molecule has 0 heterocycles. The summed E-state index contributed by atoms with van der Waals surface area (Å²) >= 11 is -4.62.